The van der Waals surface area contributed by atoms with Crippen LogP contribution in [0.4, 0.5) is 4.79 Å². The van der Waals surface area contributed by atoms with E-state index in [4.69, 9.17) is 0 Å². The Bertz CT molecular complexity index is 1080. The number of aromatic nitrogens is 2. The summed E-state index contributed by atoms with van der Waals surface area (Å²) in [7, 11) is 0. The summed E-state index contributed by atoms with van der Waals surface area (Å²) in [5, 5.41) is 25.8. The molecule has 3 rings (SSSR count). The second-order valence-electron chi connectivity index (χ2n) is 5.82. The zero-order chi connectivity index (χ0) is 20.1. The van der Waals surface area contributed by atoms with Gasteiger partial charge in [0.1, 0.15) is 5.75 Å². The molecule has 0 unspecified atom stereocenters. The van der Waals surface area contributed by atoms with Crippen LogP contribution in [0.25, 0.3) is 10.9 Å². The molecule has 0 radical (unpaired) electrons. The van der Waals surface area contributed by atoms with Crippen LogP contribution in [0.5, 0.6) is 5.75 Å². The normalized spacial score (nSPS) is 10.9. The molecule has 9 nitrogen and oxygen atoms in total. The maximum atomic E-state index is 12.4. The molecule has 28 heavy (non-hydrogen) atoms. The monoisotopic (exact) mass is 379 g/mol. The van der Waals surface area contributed by atoms with Gasteiger partial charge in [0.25, 0.3) is 5.91 Å². The van der Waals surface area contributed by atoms with Crippen molar-refractivity contribution >= 4 is 29.1 Å². The second kappa shape index (κ2) is 8.23. The largest absolute Gasteiger partial charge is 0.505 e. The maximum Gasteiger partial charge on any atom is 0.342 e. The van der Waals surface area contributed by atoms with Crippen molar-refractivity contribution < 1.29 is 19.8 Å². The van der Waals surface area contributed by atoms with Crippen LogP contribution in [-0.2, 0) is 6.61 Å². The Kier molecular flexibility index (Phi) is 5.56. The van der Waals surface area contributed by atoms with Crippen LogP contribution >= 0.6 is 0 Å². The van der Waals surface area contributed by atoms with Gasteiger partial charge in [-0.3, -0.25) is 20.1 Å². The van der Waals surface area contributed by atoms with Crippen molar-refractivity contribution in [2.75, 3.05) is 0 Å². The van der Waals surface area contributed by atoms with Gasteiger partial charge < -0.3 is 10.2 Å². The third-order valence-corrected chi connectivity index (χ3v) is 4.01. The standard InChI is InChI=1S/C19H17N5O4/c1-11-17(26)15(12(10-25)8-21-11)9-22-24-19(28)23-18(27)14-6-7-20-16-5-3-2-4-13(14)16/h2-9,25-26H,10H2,1H3,(H2,23,24,27,28)/b22-9+. The first-order valence-corrected chi connectivity index (χ1v) is 8.27. The van der Waals surface area contributed by atoms with Crippen LogP contribution in [0.1, 0.15) is 27.2 Å². The zero-order valence-electron chi connectivity index (χ0n) is 14.9. The Morgan fingerprint density at radius 2 is 2.00 bits per heavy atom. The molecule has 0 spiro atoms. The number of aryl methyl sites for hydroxylation is 1. The lowest BCUT2D eigenvalue weighted by Gasteiger charge is -2.08. The number of imide groups is 1. The lowest BCUT2D eigenvalue weighted by atomic mass is 10.1. The molecule has 0 aliphatic rings. The highest BCUT2D eigenvalue weighted by Crippen LogP contribution is 2.21. The number of aliphatic hydroxyl groups excluding tert-OH is 1. The molecule has 3 amide bonds. The highest BCUT2D eigenvalue weighted by Gasteiger charge is 2.13. The SMILES string of the molecule is Cc1ncc(CO)c(/C=N/NC(=O)NC(=O)c2ccnc3ccccc23)c1O. The van der Waals surface area contributed by atoms with E-state index in [1.165, 1.54) is 24.7 Å². The smallest absolute Gasteiger partial charge is 0.342 e. The minimum Gasteiger partial charge on any atom is -0.505 e. The van der Waals surface area contributed by atoms with Gasteiger partial charge in [-0.25, -0.2) is 10.2 Å². The van der Waals surface area contributed by atoms with E-state index in [9.17, 15) is 19.8 Å². The quantitative estimate of drug-likeness (QED) is 0.401. The number of pyridine rings is 2. The summed E-state index contributed by atoms with van der Waals surface area (Å²) in [6, 6.07) is 7.73. The summed E-state index contributed by atoms with van der Waals surface area (Å²) in [4.78, 5) is 32.4. The number of carbonyl (C=O) groups excluding carboxylic acids is 2. The average Bonchev–Trinajstić information content (AvgIpc) is 2.70. The summed E-state index contributed by atoms with van der Waals surface area (Å²) >= 11 is 0. The first kappa shape index (κ1) is 18.9. The molecule has 0 aliphatic heterocycles. The highest BCUT2D eigenvalue weighted by molar-refractivity contribution is 6.11. The Hall–Kier alpha value is -3.85. The van der Waals surface area contributed by atoms with Crippen molar-refractivity contribution in [1.29, 1.82) is 0 Å². The van der Waals surface area contributed by atoms with Crippen LogP contribution < -0.4 is 10.7 Å². The molecule has 9 heteroatoms. The Morgan fingerprint density at radius 3 is 2.79 bits per heavy atom. The summed E-state index contributed by atoms with van der Waals surface area (Å²) in [5.41, 5.74) is 4.00. The summed E-state index contributed by atoms with van der Waals surface area (Å²) < 4.78 is 0. The number of carbonyl (C=O) groups is 2. The van der Waals surface area contributed by atoms with E-state index in [1.54, 1.807) is 31.2 Å². The topological polar surface area (TPSA) is 137 Å². The average molecular weight is 379 g/mol. The lowest BCUT2D eigenvalue weighted by molar-refractivity contribution is 0.0965. The van der Waals surface area contributed by atoms with Gasteiger partial charge in [0.15, 0.2) is 0 Å². The fourth-order valence-electron chi connectivity index (χ4n) is 2.57. The fourth-order valence-corrected chi connectivity index (χ4v) is 2.57. The minimum atomic E-state index is -0.849. The van der Waals surface area contributed by atoms with Gasteiger partial charge in [-0.05, 0) is 19.1 Å². The van der Waals surface area contributed by atoms with E-state index >= 15 is 0 Å². The molecule has 0 bridgehead atoms. The molecule has 1 aromatic carbocycles. The van der Waals surface area contributed by atoms with Gasteiger partial charge in [-0.2, -0.15) is 5.10 Å². The number of fused-ring (bicyclic) bond motifs is 1. The summed E-state index contributed by atoms with van der Waals surface area (Å²) in [6.07, 6.45) is 4.05. The number of hydrazone groups is 1. The summed E-state index contributed by atoms with van der Waals surface area (Å²) in [5.74, 6) is -0.762. The number of benzene rings is 1. The number of rotatable bonds is 4. The van der Waals surface area contributed by atoms with Gasteiger partial charge in [0, 0.05) is 28.9 Å². The molecule has 0 saturated heterocycles. The van der Waals surface area contributed by atoms with Crippen molar-refractivity contribution in [2.24, 2.45) is 5.10 Å². The van der Waals surface area contributed by atoms with Gasteiger partial charge >= 0.3 is 6.03 Å². The van der Waals surface area contributed by atoms with E-state index in [-0.39, 0.29) is 17.9 Å². The van der Waals surface area contributed by atoms with E-state index < -0.39 is 11.9 Å². The Balaban J connectivity index is 1.70. The van der Waals surface area contributed by atoms with Crippen LogP contribution in [0, 0.1) is 6.92 Å². The van der Waals surface area contributed by atoms with Crippen LogP contribution in [-0.4, -0.2) is 38.3 Å². The van der Waals surface area contributed by atoms with Gasteiger partial charge in [0.2, 0.25) is 0 Å². The molecular weight excluding hydrogens is 362 g/mol. The van der Waals surface area contributed by atoms with Crippen molar-refractivity contribution in [1.82, 2.24) is 20.7 Å². The minimum absolute atomic E-state index is 0.156. The number of amides is 3. The van der Waals surface area contributed by atoms with Crippen LogP contribution in [0.2, 0.25) is 0 Å². The number of hydrogen-bond donors (Lipinski definition) is 4. The highest BCUT2D eigenvalue weighted by atomic mass is 16.3. The molecule has 2 heterocycles. The second-order valence-corrected chi connectivity index (χ2v) is 5.82. The third-order valence-electron chi connectivity index (χ3n) is 4.01. The predicted molar refractivity (Wildman–Crippen MR) is 102 cm³/mol. The molecule has 3 aromatic rings. The zero-order valence-corrected chi connectivity index (χ0v) is 14.9. The molecule has 2 aromatic heterocycles. The van der Waals surface area contributed by atoms with Crippen molar-refractivity contribution in [3.63, 3.8) is 0 Å². The number of aromatic hydroxyl groups is 1. The number of urea groups is 1. The fraction of sp³-hybridized carbons (Fsp3) is 0.105. The summed E-state index contributed by atoms with van der Waals surface area (Å²) in [6.45, 7) is 1.23. The van der Waals surface area contributed by atoms with Gasteiger partial charge in [0.05, 0.1) is 29.6 Å². The van der Waals surface area contributed by atoms with E-state index in [0.29, 0.717) is 27.7 Å². The number of para-hydroxylation sites is 1. The molecule has 0 fully saturated rings. The maximum absolute atomic E-state index is 12.4. The lowest BCUT2D eigenvalue weighted by Crippen LogP contribution is -2.37. The molecular formula is C19H17N5O4. The van der Waals surface area contributed by atoms with Crippen molar-refractivity contribution in [3.05, 3.63) is 65.1 Å². The number of nitrogens with zero attached hydrogens (tertiary/aromatic N) is 3. The molecule has 0 saturated carbocycles. The first-order valence-electron chi connectivity index (χ1n) is 8.27. The van der Waals surface area contributed by atoms with E-state index in [2.05, 4.69) is 25.8 Å². The molecule has 4 N–H and O–H groups in total. The third kappa shape index (κ3) is 3.94. The Labute approximate surface area is 159 Å². The number of hydrogen-bond acceptors (Lipinski definition) is 7. The number of aliphatic hydroxyl groups is 1. The van der Waals surface area contributed by atoms with Crippen molar-refractivity contribution in [3.8, 4) is 5.75 Å². The molecule has 0 atom stereocenters. The predicted octanol–water partition coefficient (Wildman–Crippen LogP) is 1.61. The van der Waals surface area contributed by atoms with Gasteiger partial charge in [-0.1, -0.05) is 18.2 Å². The van der Waals surface area contributed by atoms with Crippen LogP contribution in [0.15, 0.2) is 47.8 Å². The van der Waals surface area contributed by atoms with E-state index in [0.717, 1.165) is 0 Å². The van der Waals surface area contributed by atoms with E-state index in [1.807, 2.05) is 0 Å². The first-order chi connectivity index (χ1) is 13.5. The Morgan fingerprint density at radius 1 is 1.21 bits per heavy atom. The van der Waals surface area contributed by atoms with Gasteiger partial charge in [-0.15, -0.1) is 0 Å². The molecule has 142 valence electrons. The van der Waals surface area contributed by atoms with Crippen molar-refractivity contribution in [2.45, 2.75) is 13.5 Å². The molecule has 0 aliphatic carbocycles. The van der Waals surface area contributed by atoms with Crippen LogP contribution in [0.3, 0.4) is 0 Å². The number of nitrogens with one attached hydrogen (secondary N) is 2.